The zero-order valence-corrected chi connectivity index (χ0v) is 16.3. The highest BCUT2D eigenvalue weighted by atomic mass is 35.5. The largest absolute Gasteiger partial charge is 0.323 e. The fraction of sp³-hybridized carbons (Fsp3) is 0.222. The first-order valence-corrected chi connectivity index (χ1v) is 9.51. The number of hydrogen-bond donors (Lipinski definition) is 1. The summed E-state index contributed by atoms with van der Waals surface area (Å²) >= 11 is 6.99. The third-order valence-corrected chi connectivity index (χ3v) is 5.13. The molecule has 0 bridgehead atoms. The second kappa shape index (κ2) is 8.49. The van der Waals surface area contributed by atoms with Crippen molar-refractivity contribution in [3.63, 3.8) is 0 Å². The van der Waals surface area contributed by atoms with Crippen molar-refractivity contribution in [2.45, 2.75) is 30.8 Å². The minimum absolute atomic E-state index is 0.0892. The van der Waals surface area contributed by atoms with Gasteiger partial charge in [0.2, 0.25) is 5.91 Å². The van der Waals surface area contributed by atoms with E-state index in [-0.39, 0.29) is 16.6 Å². The lowest BCUT2D eigenvalue weighted by atomic mass is 10.2. The van der Waals surface area contributed by atoms with Crippen LogP contribution in [0, 0.1) is 5.82 Å². The zero-order chi connectivity index (χ0) is 19.4. The summed E-state index contributed by atoms with van der Waals surface area (Å²) in [6.45, 7) is 4.35. The number of benzene rings is 1. The summed E-state index contributed by atoms with van der Waals surface area (Å²) in [4.78, 5) is 16.4. The minimum Gasteiger partial charge on any atom is -0.323 e. The second-order valence-electron chi connectivity index (χ2n) is 5.66. The molecule has 0 radical (unpaired) electrons. The van der Waals surface area contributed by atoms with Gasteiger partial charge in [0.25, 0.3) is 0 Å². The van der Waals surface area contributed by atoms with Crippen LogP contribution in [0.3, 0.4) is 0 Å². The van der Waals surface area contributed by atoms with Gasteiger partial charge in [-0.15, -0.1) is 10.2 Å². The van der Waals surface area contributed by atoms with Gasteiger partial charge in [0.15, 0.2) is 11.0 Å². The van der Waals surface area contributed by atoms with Crippen molar-refractivity contribution in [3.05, 3.63) is 53.6 Å². The molecule has 0 aliphatic heterocycles. The van der Waals surface area contributed by atoms with E-state index in [4.69, 9.17) is 11.6 Å². The molecule has 0 fully saturated rings. The van der Waals surface area contributed by atoms with Gasteiger partial charge in [-0.1, -0.05) is 23.4 Å². The standard InChI is InChI=1S/C18H17ClFN5OS/c1-3-25-16(12-6-8-21-9-7-12)23-24-18(25)27-11(2)17(26)22-15-5-4-13(19)10-14(15)20/h4-11H,3H2,1-2H3,(H,22,26)/t11-/m0/s1. The van der Waals surface area contributed by atoms with Gasteiger partial charge in [-0.05, 0) is 44.2 Å². The number of anilines is 1. The smallest absolute Gasteiger partial charge is 0.237 e. The molecule has 1 N–H and O–H groups in total. The average Bonchev–Trinajstić information content (AvgIpc) is 3.07. The number of carbonyl (C=O) groups is 1. The van der Waals surface area contributed by atoms with E-state index >= 15 is 0 Å². The molecular formula is C18H17ClFN5OS. The number of halogens is 2. The Morgan fingerprint density at radius 3 is 2.70 bits per heavy atom. The van der Waals surface area contributed by atoms with Crippen molar-refractivity contribution in [3.8, 4) is 11.4 Å². The molecule has 1 amide bonds. The molecule has 9 heteroatoms. The number of thioether (sulfide) groups is 1. The highest BCUT2D eigenvalue weighted by Crippen LogP contribution is 2.27. The lowest BCUT2D eigenvalue weighted by Gasteiger charge is -2.13. The van der Waals surface area contributed by atoms with E-state index in [1.165, 1.54) is 23.9 Å². The van der Waals surface area contributed by atoms with E-state index in [9.17, 15) is 9.18 Å². The van der Waals surface area contributed by atoms with Gasteiger partial charge < -0.3 is 9.88 Å². The molecular weight excluding hydrogens is 389 g/mol. The fourth-order valence-electron chi connectivity index (χ4n) is 2.41. The minimum atomic E-state index is -0.579. The van der Waals surface area contributed by atoms with E-state index in [0.717, 1.165) is 11.6 Å². The quantitative estimate of drug-likeness (QED) is 0.620. The van der Waals surface area contributed by atoms with Crippen LogP contribution in [0.1, 0.15) is 13.8 Å². The van der Waals surface area contributed by atoms with Crippen molar-refractivity contribution in [1.82, 2.24) is 19.7 Å². The van der Waals surface area contributed by atoms with Crippen LogP contribution in [0.2, 0.25) is 5.02 Å². The van der Waals surface area contributed by atoms with Crippen molar-refractivity contribution in [2.75, 3.05) is 5.32 Å². The number of carbonyl (C=O) groups excluding carboxylic acids is 1. The Hall–Kier alpha value is -2.45. The summed E-state index contributed by atoms with van der Waals surface area (Å²) in [6, 6.07) is 7.81. The summed E-state index contributed by atoms with van der Waals surface area (Å²) in [7, 11) is 0. The predicted molar refractivity (Wildman–Crippen MR) is 104 cm³/mol. The molecule has 2 heterocycles. The lowest BCUT2D eigenvalue weighted by molar-refractivity contribution is -0.115. The van der Waals surface area contributed by atoms with Crippen LogP contribution in [-0.2, 0) is 11.3 Å². The highest BCUT2D eigenvalue weighted by Gasteiger charge is 2.21. The van der Waals surface area contributed by atoms with Gasteiger partial charge in [-0.2, -0.15) is 0 Å². The third-order valence-electron chi connectivity index (χ3n) is 3.81. The average molecular weight is 406 g/mol. The Morgan fingerprint density at radius 2 is 2.04 bits per heavy atom. The van der Waals surface area contributed by atoms with Gasteiger partial charge in [-0.25, -0.2) is 4.39 Å². The number of hydrogen-bond acceptors (Lipinski definition) is 5. The number of rotatable bonds is 6. The Balaban J connectivity index is 1.75. The molecule has 140 valence electrons. The molecule has 6 nitrogen and oxygen atoms in total. The molecule has 3 rings (SSSR count). The van der Waals surface area contributed by atoms with Crippen molar-refractivity contribution >= 4 is 35.0 Å². The van der Waals surface area contributed by atoms with Crippen LogP contribution in [-0.4, -0.2) is 30.9 Å². The molecule has 3 aromatic rings. The first-order chi connectivity index (χ1) is 13.0. The van der Waals surface area contributed by atoms with Crippen LogP contribution < -0.4 is 5.32 Å². The van der Waals surface area contributed by atoms with Crippen LogP contribution in [0.4, 0.5) is 10.1 Å². The number of aromatic nitrogens is 4. The predicted octanol–water partition coefficient (Wildman–Crippen LogP) is 4.27. The first kappa shape index (κ1) is 19.3. The molecule has 0 spiro atoms. The molecule has 0 aliphatic carbocycles. The number of pyridine rings is 1. The maximum atomic E-state index is 13.9. The van der Waals surface area contributed by atoms with Gasteiger partial charge >= 0.3 is 0 Å². The molecule has 0 unspecified atom stereocenters. The molecule has 0 saturated heterocycles. The number of nitrogens with one attached hydrogen (secondary N) is 1. The Morgan fingerprint density at radius 1 is 1.30 bits per heavy atom. The van der Waals surface area contributed by atoms with Crippen molar-refractivity contribution in [2.24, 2.45) is 0 Å². The second-order valence-corrected chi connectivity index (χ2v) is 7.40. The molecule has 27 heavy (non-hydrogen) atoms. The number of nitrogens with zero attached hydrogens (tertiary/aromatic N) is 4. The van der Waals surface area contributed by atoms with Crippen LogP contribution in [0.5, 0.6) is 0 Å². The van der Waals surface area contributed by atoms with E-state index in [2.05, 4.69) is 20.5 Å². The Labute approximate surface area is 165 Å². The van der Waals surface area contributed by atoms with E-state index < -0.39 is 11.1 Å². The Bertz CT molecular complexity index is 950. The van der Waals surface area contributed by atoms with Gasteiger partial charge in [-0.3, -0.25) is 9.78 Å². The maximum Gasteiger partial charge on any atom is 0.237 e. The zero-order valence-electron chi connectivity index (χ0n) is 14.7. The van der Waals surface area contributed by atoms with Gasteiger partial charge in [0, 0.05) is 29.5 Å². The summed E-state index contributed by atoms with van der Waals surface area (Å²) in [5, 5.41) is 11.4. The van der Waals surface area contributed by atoms with Crippen molar-refractivity contribution < 1.29 is 9.18 Å². The number of amides is 1. The van der Waals surface area contributed by atoms with Crippen LogP contribution >= 0.6 is 23.4 Å². The summed E-state index contributed by atoms with van der Waals surface area (Å²) in [5.41, 5.74) is 0.984. The van der Waals surface area contributed by atoms with Crippen molar-refractivity contribution in [1.29, 1.82) is 0 Å². The highest BCUT2D eigenvalue weighted by molar-refractivity contribution is 8.00. The van der Waals surface area contributed by atoms with E-state index in [1.54, 1.807) is 19.3 Å². The van der Waals surface area contributed by atoms with Crippen LogP contribution in [0.25, 0.3) is 11.4 Å². The lowest BCUT2D eigenvalue weighted by Crippen LogP contribution is -2.23. The van der Waals surface area contributed by atoms with E-state index in [1.807, 2.05) is 23.6 Å². The van der Waals surface area contributed by atoms with E-state index in [0.29, 0.717) is 17.5 Å². The van der Waals surface area contributed by atoms with Crippen LogP contribution in [0.15, 0.2) is 47.9 Å². The maximum absolute atomic E-state index is 13.9. The summed E-state index contributed by atoms with van der Waals surface area (Å²) < 4.78 is 15.8. The first-order valence-electron chi connectivity index (χ1n) is 8.25. The molecule has 1 aromatic carbocycles. The SMILES string of the molecule is CCn1c(S[C@@H](C)C(=O)Nc2ccc(Cl)cc2F)nnc1-c1ccncc1. The topological polar surface area (TPSA) is 72.7 Å². The van der Waals surface area contributed by atoms with Gasteiger partial charge in [0.05, 0.1) is 10.9 Å². The molecule has 0 saturated carbocycles. The summed E-state index contributed by atoms with van der Waals surface area (Å²) in [6.07, 6.45) is 3.38. The Kier molecular flexibility index (Phi) is 6.08. The fourth-order valence-corrected chi connectivity index (χ4v) is 3.48. The third kappa shape index (κ3) is 4.45. The summed E-state index contributed by atoms with van der Waals surface area (Å²) in [5.74, 6) is -0.208. The van der Waals surface area contributed by atoms with Gasteiger partial charge in [0.1, 0.15) is 5.82 Å². The monoisotopic (exact) mass is 405 g/mol. The molecule has 1 atom stereocenters. The molecule has 2 aromatic heterocycles. The molecule has 0 aliphatic rings. The normalized spacial score (nSPS) is 12.0.